The van der Waals surface area contributed by atoms with Crippen LogP contribution in [0.25, 0.3) is 11.1 Å². The summed E-state index contributed by atoms with van der Waals surface area (Å²) in [6, 6.07) is 10.9. The Balaban J connectivity index is 2.53. The molecule has 0 bridgehead atoms. The van der Waals surface area contributed by atoms with Gasteiger partial charge in [0.1, 0.15) is 0 Å². The van der Waals surface area contributed by atoms with E-state index < -0.39 is 0 Å². The van der Waals surface area contributed by atoms with E-state index in [1.165, 1.54) is 0 Å². The lowest BCUT2D eigenvalue weighted by atomic mass is 10.0. The summed E-state index contributed by atoms with van der Waals surface area (Å²) in [5, 5.41) is 0. The smallest absolute Gasteiger partial charge is 0.0415 e. The number of nitrogens with two attached hydrogens (primary N) is 3. The van der Waals surface area contributed by atoms with E-state index in [-0.39, 0.29) is 0 Å². The number of hydrogen-bond donors (Lipinski definition) is 4. The predicted octanol–water partition coefficient (Wildman–Crippen LogP) is 1.97. The zero-order valence-electron chi connectivity index (χ0n) is 9.10. The van der Waals surface area contributed by atoms with E-state index in [0.29, 0.717) is 17.1 Å². The SMILES string of the molecule is Nc1ccc(-c2ccc(N[S-])cc2N)c(N)c1. The molecule has 2 rings (SSSR count). The van der Waals surface area contributed by atoms with Gasteiger partial charge in [0.15, 0.2) is 0 Å². The number of hydrogen-bond acceptors (Lipinski definition) is 5. The van der Waals surface area contributed by atoms with Crippen molar-refractivity contribution in [2.24, 2.45) is 0 Å². The Labute approximate surface area is 105 Å². The molecule has 0 radical (unpaired) electrons. The summed E-state index contributed by atoms with van der Waals surface area (Å²) in [5.74, 6) is 0. The summed E-state index contributed by atoms with van der Waals surface area (Å²) in [5.41, 5.74) is 21.9. The van der Waals surface area contributed by atoms with E-state index >= 15 is 0 Å². The number of nitrogen functional groups attached to an aromatic ring is 3. The van der Waals surface area contributed by atoms with Crippen molar-refractivity contribution >= 4 is 35.6 Å². The Bertz CT molecular complexity index is 554. The fourth-order valence-corrected chi connectivity index (χ4v) is 1.82. The average molecular weight is 245 g/mol. The third-order valence-electron chi connectivity index (χ3n) is 2.54. The van der Waals surface area contributed by atoms with Crippen molar-refractivity contribution in [1.82, 2.24) is 0 Å². The molecular weight excluding hydrogens is 232 g/mol. The van der Waals surface area contributed by atoms with Crippen LogP contribution >= 0.6 is 0 Å². The van der Waals surface area contributed by atoms with Crippen LogP contribution in [0.5, 0.6) is 0 Å². The van der Waals surface area contributed by atoms with Gasteiger partial charge in [-0.3, -0.25) is 0 Å². The maximum absolute atomic E-state index is 5.96. The molecule has 0 saturated heterocycles. The first-order valence-corrected chi connectivity index (χ1v) is 5.45. The third-order valence-corrected chi connectivity index (χ3v) is 2.77. The molecule has 2 aromatic rings. The van der Waals surface area contributed by atoms with Crippen LogP contribution in [-0.4, -0.2) is 0 Å². The molecule has 0 aromatic heterocycles. The second-order valence-corrected chi connectivity index (χ2v) is 3.95. The van der Waals surface area contributed by atoms with Gasteiger partial charge in [-0.15, -0.1) is 0 Å². The van der Waals surface area contributed by atoms with Crippen LogP contribution in [0.4, 0.5) is 22.7 Å². The van der Waals surface area contributed by atoms with Crippen LogP contribution in [0.1, 0.15) is 0 Å². The van der Waals surface area contributed by atoms with Gasteiger partial charge in [0.2, 0.25) is 0 Å². The Morgan fingerprint density at radius 2 is 1.41 bits per heavy atom. The molecule has 0 spiro atoms. The molecule has 0 atom stereocenters. The minimum absolute atomic E-state index is 0.607. The van der Waals surface area contributed by atoms with Gasteiger partial charge in [0, 0.05) is 33.9 Å². The highest BCUT2D eigenvalue weighted by Gasteiger charge is 2.06. The minimum Gasteiger partial charge on any atom is -0.670 e. The first kappa shape index (κ1) is 11.5. The molecule has 0 saturated carbocycles. The molecule has 0 aliphatic carbocycles. The monoisotopic (exact) mass is 245 g/mol. The predicted molar refractivity (Wildman–Crippen MR) is 76.1 cm³/mol. The van der Waals surface area contributed by atoms with E-state index in [1.54, 1.807) is 18.2 Å². The van der Waals surface area contributed by atoms with Crippen LogP contribution in [0.15, 0.2) is 36.4 Å². The van der Waals surface area contributed by atoms with Crippen molar-refractivity contribution < 1.29 is 0 Å². The van der Waals surface area contributed by atoms with Crippen molar-refractivity contribution in [3.8, 4) is 11.1 Å². The van der Waals surface area contributed by atoms with Gasteiger partial charge in [0.05, 0.1) is 0 Å². The first-order valence-electron chi connectivity index (χ1n) is 5.05. The minimum atomic E-state index is 0.607. The number of benzene rings is 2. The third kappa shape index (κ3) is 2.24. The highest BCUT2D eigenvalue weighted by atomic mass is 32.1. The Morgan fingerprint density at radius 1 is 0.824 bits per heavy atom. The van der Waals surface area contributed by atoms with Gasteiger partial charge < -0.3 is 34.7 Å². The second-order valence-electron chi connectivity index (χ2n) is 3.75. The average Bonchev–Trinajstić information content (AvgIpc) is 2.30. The highest BCUT2D eigenvalue weighted by Crippen LogP contribution is 2.33. The Kier molecular flexibility index (Phi) is 3.01. The van der Waals surface area contributed by atoms with Gasteiger partial charge in [-0.1, -0.05) is 12.1 Å². The molecule has 0 aliphatic heterocycles. The van der Waals surface area contributed by atoms with Crippen LogP contribution in [0, 0.1) is 0 Å². The molecule has 0 heterocycles. The topological polar surface area (TPSA) is 90.1 Å². The largest absolute Gasteiger partial charge is 0.670 e. The zero-order valence-corrected chi connectivity index (χ0v) is 9.92. The van der Waals surface area contributed by atoms with Crippen molar-refractivity contribution in [3.63, 3.8) is 0 Å². The lowest BCUT2D eigenvalue weighted by molar-refractivity contribution is 1.59. The summed E-state index contributed by atoms with van der Waals surface area (Å²) in [6.45, 7) is 0. The van der Waals surface area contributed by atoms with Gasteiger partial charge >= 0.3 is 0 Å². The van der Waals surface area contributed by atoms with E-state index in [1.807, 2.05) is 18.2 Å². The molecule has 0 unspecified atom stereocenters. The van der Waals surface area contributed by atoms with Gasteiger partial charge in [-0.05, 0) is 24.3 Å². The van der Waals surface area contributed by atoms with Gasteiger partial charge in [-0.2, -0.15) is 0 Å². The number of anilines is 4. The summed E-state index contributed by atoms with van der Waals surface area (Å²) in [6.07, 6.45) is 0. The molecule has 7 N–H and O–H groups in total. The van der Waals surface area contributed by atoms with Crippen LogP contribution in [0.2, 0.25) is 0 Å². The summed E-state index contributed by atoms with van der Waals surface area (Å²) < 4.78 is 2.62. The molecule has 0 fully saturated rings. The van der Waals surface area contributed by atoms with Crippen molar-refractivity contribution in [3.05, 3.63) is 36.4 Å². The molecular formula is C12H13N4S-. The fraction of sp³-hybridized carbons (Fsp3) is 0. The number of rotatable bonds is 2. The zero-order chi connectivity index (χ0) is 12.4. The molecule has 17 heavy (non-hydrogen) atoms. The van der Waals surface area contributed by atoms with Gasteiger partial charge in [0.25, 0.3) is 0 Å². The van der Waals surface area contributed by atoms with E-state index in [0.717, 1.165) is 16.8 Å². The second kappa shape index (κ2) is 4.47. The Hall–Kier alpha value is -2.01. The van der Waals surface area contributed by atoms with Crippen molar-refractivity contribution in [2.75, 3.05) is 21.9 Å². The maximum Gasteiger partial charge on any atom is 0.0415 e. The van der Waals surface area contributed by atoms with Crippen LogP contribution in [-0.2, 0) is 12.8 Å². The molecule has 88 valence electrons. The standard InChI is InChI=1S/C12H13N4S/c13-7-1-3-9(11(14)5-7)10-4-2-8(16-17)6-12(10)15/h1-6,16H,13-15H2/q-1. The summed E-state index contributed by atoms with van der Waals surface area (Å²) >= 11 is 4.73. The molecule has 0 amide bonds. The van der Waals surface area contributed by atoms with E-state index in [2.05, 4.69) is 4.72 Å². The summed E-state index contributed by atoms with van der Waals surface area (Å²) in [4.78, 5) is 0. The molecule has 4 nitrogen and oxygen atoms in total. The quantitative estimate of drug-likeness (QED) is 0.480. The highest BCUT2D eigenvalue weighted by molar-refractivity contribution is 7.60. The molecule has 0 aliphatic rings. The lowest BCUT2D eigenvalue weighted by Crippen LogP contribution is -1.97. The van der Waals surface area contributed by atoms with E-state index in [9.17, 15) is 0 Å². The van der Waals surface area contributed by atoms with Crippen molar-refractivity contribution in [1.29, 1.82) is 0 Å². The lowest BCUT2D eigenvalue weighted by Gasteiger charge is -2.14. The maximum atomic E-state index is 5.96. The fourth-order valence-electron chi connectivity index (χ4n) is 1.70. The van der Waals surface area contributed by atoms with Crippen molar-refractivity contribution in [2.45, 2.75) is 0 Å². The first-order chi connectivity index (χ1) is 8.11. The normalized spacial score (nSPS) is 10.2. The molecule has 5 heteroatoms. The molecule has 2 aromatic carbocycles. The summed E-state index contributed by atoms with van der Waals surface area (Å²) in [7, 11) is 0. The van der Waals surface area contributed by atoms with Gasteiger partial charge in [-0.25, -0.2) is 0 Å². The number of nitrogens with one attached hydrogen (secondary N) is 1. The Morgan fingerprint density at radius 3 is 1.94 bits per heavy atom. The van der Waals surface area contributed by atoms with Crippen LogP contribution in [0.3, 0.4) is 0 Å². The van der Waals surface area contributed by atoms with E-state index in [4.69, 9.17) is 30.0 Å². The van der Waals surface area contributed by atoms with Crippen LogP contribution < -0.4 is 21.9 Å².